The fourth-order valence-corrected chi connectivity index (χ4v) is 2.63. The maximum atomic E-state index is 12.4. The van der Waals surface area contributed by atoms with E-state index in [9.17, 15) is 4.79 Å². The van der Waals surface area contributed by atoms with Crippen molar-refractivity contribution >= 4 is 11.7 Å². The molecule has 0 aliphatic carbocycles. The van der Waals surface area contributed by atoms with Crippen LogP contribution in [-0.4, -0.2) is 47.5 Å². The van der Waals surface area contributed by atoms with Gasteiger partial charge in [0, 0.05) is 32.7 Å². The number of carbonyl (C=O) groups is 1. The summed E-state index contributed by atoms with van der Waals surface area (Å²) in [6.45, 7) is 4.95. The fraction of sp³-hybridized carbons (Fsp3) is 0.688. The first kappa shape index (κ1) is 15.7. The van der Waals surface area contributed by atoms with Crippen LogP contribution in [-0.2, 0) is 0 Å². The van der Waals surface area contributed by atoms with Gasteiger partial charge >= 0.3 is 0 Å². The highest BCUT2D eigenvalue weighted by atomic mass is 16.2. The zero-order chi connectivity index (χ0) is 15.1. The van der Waals surface area contributed by atoms with E-state index >= 15 is 0 Å². The monoisotopic (exact) mass is 290 g/mol. The smallest absolute Gasteiger partial charge is 0.272 e. The summed E-state index contributed by atoms with van der Waals surface area (Å²) in [4.78, 5) is 24.9. The van der Waals surface area contributed by atoms with Crippen molar-refractivity contribution in [2.45, 2.75) is 45.4 Å². The normalized spacial score (nSPS) is 15.6. The van der Waals surface area contributed by atoms with Gasteiger partial charge in [0.2, 0.25) is 0 Å². The van der Waals surface area contributed by atoms with Crippen LogP contribution in [0.1, 0.15) is 55.9 Å². The predicted octanol–water partition coefficient (Wildman–Crippen LogP) is 2.73. The molecule has 0 bridgehead atoms. The second kappa shape index (κ2) is 7.96. The second-order valence-electron chi connectivity index (χ2n) is 5.74. The minimum atomic E-state index is -0.0121. The van der Waals surface area contributed by atoms with Gasteiger partial charge in [0.15, 0.2) is 0 Å². The molecule has 5 heteroatoms. The van der Waals surface area contributed by atoms with E-state index in [0.29, 0.717) is 5.69 Å². The molecule has 0 spiro atoms. The van der Waals surface area contributed by atoms with Gasteiger partial charge in [-0.05, 0) is 19.3 Å². The number of carbonyl (C=O) groups excluding carboxylic acids is 1. The van der Waals surface area contributed by atoms with Crippen LogP contribution < -0.4 is 4.90 Å². The number of hydrogen-bond donors (Lipinski definition) is 0. The zero-order valence-electron chi connectivity index (χ0n) is 13.2. The third-order valence-electron chi connectivity index (χ3n) is 4.00. The van der Waals surface area contributed by atoms with Crippen molar-refractivity contribution in [1.29, 1.82) is 0 Å². The maximum absolute atomic E-state index is 12.4. The third-order valence-corrected chi connectivity index (χ3v) is 4.00. The largest absolute Gasteiger partial charge is 0.357 e. The Kier molecular flexibility index (Phi) is 5.96. The van der Waals surface area contributed by atoms with Crippen LogP contribution in [0.3, 0.4) is 0 Å². The number of unbranched alkanes of at least 4 members (excludes halogenated alkanes) is 1. The highest BCUT2D eigenvalue weighted by Crippen LogP contribution is 2.17. The zero-order valence-corrected chi connectivity index (χ0v) is 13.2. The standard InChI is InChI=1S/C16H26N4O/c1-3-4-9-19(2)16(21)14-12-15(18-13-17-14)20-10-7-5-6-8-11-20/h12-13H,3-11H2,1-2H3. The summed E-state index contributed by atoms with van der Waals surface area (Å²) < 4.78 is 0. The van der Waals surface area contributed by atoms with Gasteiger partial charge < -0.3 is 9.80 Å². The summed E-state index contributed by atoms with van der Waals surface area (Å²) in [5, 5.41) is 0. The van der Waals surface area contributed by atoms with Gasteiger partial charge in [0.05, 0.1) is 0 Å². The number of nitrogens with zero attached hydrogens (tertiary/aromatic N) is 4. The highest BCUT2D eigenvalue weighted by molar-refractivity contribution is 5.92. The van der Waals surface area contributed by atoms with E-state index in [1.54, 1.807) is 4.90 Å². The van der Waals surface area contributed by atoms with Crippen molar-refractivity contribution in [1.82, 2.24) is 14.9 Å². The van der Waals surface area contributed by atoms with E-state index in [1.807, 2.05) is 13.1 Å². The van der Waals surface area contributed by atoms with Gasteiger partial charge in [-0.2, -0.15) is 0 Å². The Hall–Kier alpha value is -1.65. The topological polar surface area (TPSA) is 49.3 Å². The van der Waals surface area contributed by atoms with E-state index in [4.69, 9.17) is 0 Å². The van der Waals surface area contributed by atoms with Gasteiger partial charge in [-0.1, -0.05) is 26.2 Å². The van der Waals surface area contributed by atoms with Crippen molar-refractivity contribution in [2.75, 3.05) is 31.6 Å². The molecule has 2 heterocycles. The second-order valence-corrected chi connectivity index (χ2v) is 5.74. The minimum Gasteiger partial charge on any atom is -0.357 e. The average molecular weight is 290 g/mol. The molecule has 0 saturated carbocycles. The van der Waals surface area contributed by atoms with Crippen molar-refractivity contribution in [3.05, 3.63) is 18.1 Å². The molecular weight excluding hydrogens is 264 g/mol. The number of hydrogen-bond acceptors (Lipinski definition) is 4. The lowest BCUT2D eigenvalue weighted by atomic mass is 10.2. The van der Waals surface area contributed by atoms with E-state index < -0.39 is 0 Å². The van der Waals surface area contributed by atoms with Crippen LogP contribution in [0.4, 0.5) is 5.82 Å². The quantitative estimate of drug-likeness (QED) is 0.836. The van der Waals surface area contributed by atoms with E-state index in [1.165, 1.54) is 32.0 Å². The van der Waals surface area contributed by atoms with Crippen LogP contribution in [0, 0.1) is 0 Å². The van der Waals surface area contributed by atoms with Gasteiger partial charge in [-0.15, -0.1) is 0 Å². The molecule has 21 heavy (non-hydrogen) atoms. The molecule has 2 rings (SSSR count). The van der Waals surface area contributed by atoms with E-state index in [-0.39, 0.29) is 5.91 Å². The molecular formula is C16H26N4O. The Morgan fingerprint density at radius 2 is 1.95 bits per heavy atom. The third kappa shape index (κ3) is 4.41. The Bertz CT molecular complexity index is 455. The summed E-state index contributed by atoms with van der Waals surface area (Å²) in [7, 11) is 1.84. The lowest BCUT2D eigenvalue weighted by molar-refractivity contribution is 0.0787. The van der Waals surface area contributed by atoms with Crippen molar-refractivity contribution < 1.29 is 4.79 Å². The molecule has 0 radical (unpaired) electrons. The van der Waals surface area contributed by atoms with E-state index in [2.05, 4.69) is 21.8 Å². The molecule has 0 N–H and O–H groups in total. The summed E-state index contributed by atoms with van der Waals surface area (Å²) in [5.41, 5.74) is 0.503. The van der Waals surface area contributed by atoms with Crippen LogP contribution in [0.5, 0.6) is 0 Å². The van der Waals surface area contributed by atoms with Crippen LogP contribution >= 0.6 is 0 Å². The van der Waals surface area contributed by atoms with Gasteiger partial charge in [0.25, 0.3) is 5.91 Å². The van der Waals surface area contributed by atoms with Crippen molar-refractivity contribution in [2.24, 2.45) is 0 Å². The molecule has 1 saturated heterocycles. The summed E-state index contributed by atoms with van der Waals surface area (Å²) in [6.07, 6.45) is 8.58. The number of aromatic nitrogens is 2. The van der Waals surface area contributed by atoms with Crippen LogP contribution in [0.25, 0.3) is 0 Å². The van der Waals surface area contributed by atoms with Gasteiger partial charge in [0.1, 0.15) is 17.8 Å². The fourth-order valence-electron chi connectivity index (χ4n) is 2.63. The first-order valence-electron chi connectivity index (χ1n) is 8.05. The summed E-state index contributed by atoms with van der Waals surface area (Å²) in [5.74, 6) is 0.876. The number of amides is 1. The molecule has 0 atom stereocenters. The molecule has 1 amide bonds. The Morgan fingerprint density at radius 1 is 1.24 bits per heavy atom. The molecule has 116 valence electrons. The average Bonchev–Trinajstić information content (AvgIpc) is 2.81. The lowest BCUT2D eigenvalue weighted by Gasteiger charge is -2.22. The molecule has 0 unspecified atom stereocenters. The molecule has 5 nitrogen and oxygen atoms in total. The summed E-state index contributed by atoms with van der Waals surface area (Å²) in [6, 6.07) is 1.84. The van der Waals surface area contributed by atoms with Gasteiger partial charge in [-0.25, -0.2) is 9.97 Å². The van der Waals surface area contributed by atoms with Crippen LogP contribution in [0.2, 0.25) is 0 Å². The molecule has 1 aliphatic heterocycles. The minimum absolute atomic E-state index is 0.0121. The van der Waals surface area contributed by atoms with Crippen LogP contribution in [0.15, 0.2) is 12.4 Å². The van der Waals surface area contributed by atoms with Crippen molar-refractivity contribution in [3.8, 4) is 0 Å². The molecule has 1 fully saturated rings. The maximum Gasteiger partial charge on any atom is 0.272 e. The van der Waals surface area contributed by atoms with Gasteiger partial charge in [-0.3, -0.25) is 4.79 Å². The first-order valence-corrected chi connectivity index (χ1v) is 8.05. The van der Waals surface area contributed by atoms with E-state index in [0.717, 1.165) is 38.3 Å². The Morgan fingerprint density at radius 3 is 2.62 bits per heavy atom. The summed E-state index contributed by atoms with van der Waals surface area (Å²) >= 11 is 0. The molecule has 0 aromatic carbocycles. The molecule has 1 aliphatic rings. The lowest BCUT2D eigenvalue weighted by Crippen LogP contribution is -2.30. The highest BCUT2D eigenvalue weighted by Gasteiger charge is 2.16. The number of anilines is 1. The SMILES string of the molecule is CCCCN(C)C(=O)c1cc(N2CCCCCC2)ncn1. The molecule has 1 aromatic rings. The Balaban J connectivity index is 2.07. The number of rotatable bonds is 5. The molecule has 1 aromatic heterocycles. The predicted molar refractivity (Wildman–Crippen MR) is 84.6 cm³/mol. The van der Waals surface area contributed by atoms with Crippen molar-refractivity contribution in [3.63, 3.8) is 0 Å². The first-order chi connectivity index (χ1) is 10.2. The Labute approximate surface area is 127 Å².